The van der Waals surface area contributed by atoms with Crippen molar-refractivity contribution < 1.29 is 27.9 Å². The molecular formula is C21H16F3NO3S. The Hall–Kier alpha value is -3.13. The molecule has 8 heteroatoms. The van der Waals surface area contributed by atoms with Gasteiger partial charge in [0.15, 0.2) is 0 Å². The minimum Gasteiger partial charge on any atom is -0.481 e. The number of aliphatic carboxylic acids is 1. The number of hydrogen-bond acceptors (Lipinski definition) is 3. The maximum atomic E-state index is 13.5. The number of thiophene rings is 1. The van der Waals surface area contributed by atoms with Crippen LogP contribution in [0.5, 0.6) is 0 Å². The van der Waals surface area contributed by atoms with Crippen molar-refractivity contribution in [2.75, 3.05) is 5.32 Å². The van der Waals surface area contributed by atoms with Gasteiger partial charge in [-0.3, -0.25) is 9.59 Å². The van der Waals surface area contributed by atoms with Crippen molar-refractivity contribution in [2.24, 2.45) is 0 Å². The Bertz CT molecular complexity index is 1030. The summed E-state index contributed by atoms with van der Waals surface area (Å²) in [6.07, 6.45) is -4.35. The van der Waals surface area contributed by atoms with Gasteiger partial charge < -0.3 is 10.4 Å². The number of carboxylic acids is 1. The molecule has 2 aromatic carbocycles. The number of benzene rings is 2. The number of nitrogens with one attached hydrogen (secondary N) is 1. The zero-order valence-electron chi connectivity index (χ0n) is 15.0. The lowest BCUT2D eigenvalue weighted by molar-refractivity contribution is -0.137. The summed E-state index contributed by atoms with van der Waals surface area (Å²) in [5.74, 6) is -1.59. The van der Waals surface area contributed by atoms with Crippen LogP contribution in [0.2, 0.25) is 0 Å². The minimum absolute atomic E-state index is 0.0385. The van der Waals surface area contributed by atoms with E-state index in [0.29, 0.717) is 28.2 Å². The van der Waals surface area contributed by atoms with E-state index in [0.717, 1.165) is 0 Å². The van der Waals surface area contributed by atoms with Crippen molar-refractivity contribution in [3.8, 4) is 11.1 Å². The summed E-state index contributed by atoms with van der Waals surface area (Å²) < 4.78 is 40.4. The first-order chi connectivity index (χ1) is 13.7. The average molecular weight is 419 g/mol. The van der Waals surface area contributed by atoms with Crippen LogP contribution in [0.1, 0.15) is 26.5 Å². The van der Waals surface area contributed by atoms with Crippen LogP contribution in [-0.4, -0.2) is 17.0 Å². The van der Waals surface area contributed by atoms with Crippen LogP contribution < -0.4 is 5.32 Å². The second kappa shape index (κ2) is 8.48. The molecule has 1 heterocycles. The number of alkyl halides is 3. The Morgan fingerprint density at radius 3 is 2.38 bits per heavy atom. The molecule has 1 aromatic heterocycles. The van der Waals surface area contributed by atoms with E-state index in [4.69, 9.17) is 5.11 Å². The molecule has 0 unspecified atom stereocenters. The first-order valence-electron chi connectivity index (χ1n) is 8.62. The summed E-state index contributed by atoms with van der Waals surface area (Å²) in [6, 6.07) is 15.9. The monoisotopic (exact) mass is 419 g/mol. The predicted molar refractivity (Wildman–Crippen MR) is 105 cm³/mol. The molecule has 1 amide bonds. The molecule has 2 N–H and O–H groups in total. The van der Waals surface area contributed by atoms with Gasteiger partial charge in [-0.2, -0.15) is 13.2 Å². The molecule has 0 aliphatic rings. The molecule has 150 valence electrons. The highest BCUT2D eigenvalue weighted by Crippen LogP contribution is 2.42. The van der Waals surface area contributed by atoms with E-state index >= 15 is 0 Å². The van der Waals surface area contributed by atoms with E-state index < -0.39 is 22.9 Å². The molecular weight excluding hydrogens is 403 g/mol. The largest absolute Gasteiger partial charge is 0.481 e. The van der Waals surface area contributed by atoms with Gasteiger partial charge in [0.25, 0.3) is 5.91 Å². The fourth-order valence-corrected chi connectivity index (χ4v) is 3.74. The summed E-state index contributed by atoms with van der Waals surface area (Å²) in [6.45, 7) is 0. The van der Waals surface area contributed by atoms with Crippen molar-refractivity contribution in [1.29, 1.82) is 0 Å². The van der Waals surface area contributed by atoms with Gasteiger partial charge >= 0.3 is 12.1 Å². The summed E-state index contributed by atoms with van der Waals surface area (Å²) in [5.41, 5.74) is 1.44. The number of halogens is 3. The van der Waals surface area contributed by atoms with E-state index in [1.54, 1.807) is 54.6 Å². The standard InChI is InChI=1S/C21H16F3NO3S/c22-21(23,24)19-16(14-6-2-1-3-7-14)12-17(29-19)20(28)25-15-8-4-5-13(11-15)9-10-18(26)27/h1-8,11-12H,9-10H2,(H,25,28)(H,26,27). The molecule has 3 rings (SSSR count). The highest BCUT2D eigenvalue weighted by atomic mass is 32.1. The Morgan fingerprint density at radius 2 is 1.72 bits per heavy atom. The maximum absolute atomic E-state index is 13.5. The van der Waals surface area contributed by atoms with Gasteiger partial charge in [0, 0.05) is 17.7 Å². The molecule has 29 heavy (non-hydrogen) atoms. The lowest BCUT2D eigenvalue weighted by Crippen LogP contribution is -2.10. The minimum atomic E-state index is -4.58. The van der Waals surface area contributed by atoms with Gasteiger partial charge in [0.2, 0.25) is 0 Å². The number of rotatable bonds is 6. The van der Waals surface area contributed by atoms with Gasteiger partial charge in [0.05, 0.1) is 4.88 Å². The van der Waals surface area contributed by atoms with E-state index in [1.807, 2.05) is 0 Å². The first-order valence-corrected chi connectivity index (χ1v) is 9.44. The SMILES string of the molecule is O=C(O)CCc1cccc(NC(=O)c2cc(-c3ccccc3)c(C(F)(F)F)s2)c1. The highest BCUT2D eigenvalue weighted by molar-refractivity contribution is 7.14. The van der Waals surface area contributed by atoms with Crippen molar-refractivity contribution in [3.63, 3.8) is 0 Å². The smallest absolute Gasteiger partial charge is 0.426 e. The van der Waals surface area contributed by atoms with Crippen molar-refractivity contribution in [3.05, 3.63) is 76.0 Å². The van der Waals surface area contributed by atoms with Gasteiger partial charge in [-0.15, -0.1) is 11.3 Å². The molecule has 0 aliphatic carbocycles. The van der Waals surface area contributed by atoms with Crippen LogP contribution in [0.15, 0.2) is 60.7 Å². The topological polar surface area (TPSA) is 66.4 Å². The molecule has 0 radical (unpaired) electrons. The zero-order chi connectivity index (χ0) is 21.0. The van der Waals surface area contributed by atoms with Crippen LogP contribution in [0.3, 0.4) is 0 Å². The van der Waals surface area contributed by atoms with Gasteiger partial charge in [0.1, 0.15) is 4.88 Å². The lowest BCUT2D eigenvalue weighted by Gasteiger charge is -2.07. The van der Waals surface area contributed by atoms with Crippen LogP contribution in [0, 0.1) is 0 Å². The maximum Gasteiger partial charge on any atom is 0.426 e. The lowest BCUT2D eigenvalue weighted by atomic mass is 10.1. The Labute approximate surface area is 168 Å². The third-order valence-corrected chi connectivity index (χ3v) is 5.29. The van der Waals surface area contributed by atoms with Crippen molar-refractivity contribution in [2.45, 2.75) is 19.0 Å². The van der Waals surface area contributed by atoms with E-state index in [2.05, 4.69) is 5.32 Å². The normalized spacial score (nSPS) is 11.3. The quantitative estimate of drug-likeness (QED) is 0.538. The van der Waals surface area contributed by atoms with Crippen LogP contribution in [-0.2, 0) is 17.4 Å². The molecule has 0 saturated carbocycles. The fraction of sp³-hybridized carbons (Fsp3) is 0.143. The van der Waals surface area contributed by atoms with Crippen molar-refractivity contribution in [1.82, 2.24) is 0 Å². The number of amides is 1. The molecule has 0 spiro atoms. The van der Waals surface area contributed by atoms with Gasteiger partial charge in [-0.1, -0.05) is 42.5 Å². The summed E-state index contributed by atoms with van der Waals surface area (Å²) in [4.78, 5) is 22.4. The van der Waals surface area contributed by atoms with Crippen LogP contribution in [0.4, 0.5) is 18.9 Å². The number of carboxylic acid groups (broad SMARTS) is 1. The Balaban J connectivity index is 1.86. The Morgan fingerprint density at radius 1 is 1.00 bits per heavy atom. The van der Waals surface area contributed by atoms with Gasteiger partial charge in [-0.05, 0) is 35.7 Å². The summed E-state index contributed by atoms with van der Waals surface area (Å²) in [7, 11) is 0. The molecule has 0 atom stereocenters. The molecule has 0 bridgehead atoms. The number of anilines is 1. The molecule has 3 aromatic rings. The van der Waals surface area contributed by atoms with E-state index in [-0.39, 0.29) is 23.3 Å². The molecule has 0 fully saturated rings. The van der Waals surface area contributed by atoms with E-state index in [1.165, 1.54) is 6.07 Å². The number of carbonyl (C=O) groups excluding carboxylic acids is 1. The summed E-state index contributed by atoms with van der Waals surface area (Å²) in [5, 5.41) is 11.4. The van der Waals surface area contributed by atoms with Crippen LogP contribution >= 0.6 is 11.3 Å². The number of hydrogen-bond donors (Lipinski definition) is 2. The number of carbonyl (C=O) groups is 2. The van der Waals surface area contributed by atoms with Crippen molar-refractivity contribution >= 4 is 28.9 Å². The first kappa shape index (κ1) is 20.6. The second-order valence-corrected chi connectivity index (χ2v) is 7.32. The highest BCUT2D eigenvalue weighted by Gasteiger charge is 2.37. The third-order valence-electron chi connectivity index (χ3n) is 4.11. The van der Waals surface area contributed by atoms with E-state index in [9.17, 15) is 22.8 Å². The molecule has 0 aliphatic heterocycles. The Kier molecular flexibility index (Phi) is 6.03. The third kappa shape index (κ3) is 5.23. The predicted octanol–water partition coefficient (Wildman–Crippen LogP) is 5.70. The van der Waals surface area contributed by atoms with Gasteiger partial charge in [-0.25, -0.2) is 0 Å². The zero-order valence-corrected chi connectivity index (χ0v) is 15.8. The second-order valence-electron chi connectivity index (χ2n) is 6.27. The number of aryl methyl sites for hydroxylation is 1. The van der Waals surface area contributed by atoms with Crippen LogP contribution in [0.25, 0.3) is 11.1 Å². The average Bonchev–Trinajstić information content (AvgIpc) is 3.14. The summed E-state index contributed by atoms with van der Waals surface area (Å²) >= 11 is 0.392. The molecule has 0 saturated heterocycles. The molecule has 4 nitrogen and oxygen atoms in total. The fourth-order valence-electron chi connectivity index (χ4n) is 2.79.